The van der Waals surface area contributed by atoms with Crippen molar-refractivity contribution in [3.8, 4) is 22.3 Å². The molecule has 0 aliphatic rings. The van der Waals surface area contributed by atoms with Crippen LogP contribution in [0.5, 0.6) is 0 Å². The van der Waals surface area contributed by atoms with Gasteiger partial charge in [0.1, 0.15) is 11.6 Å². The van der Waals surface area contributed by atoms with E-state index in [-0.39, 0.29) is 22.4 Å². The Bertz CT molecular complexity index is 1300. The van der Waals surface area contributed by atoms with Gasteiger partial charge < -0.3 is 4.74 Å². The lowest BCUT2D eigenvalue weighted by atomic mass is 9.97. The van der Waals surface area contributed by atoms with Gasteiger partial charge in [-0.05, 0) is 60.2 Å². The summed E-state index contributed by atoms with van der Waals surface area (Å²) in [6.45, 7) is 9.24. The summed E-state index contributed by atoms with van der Waals surface area (Å²) in [5.74, 6) is -3.09. The first-order valence-corrected chi connectivity index (χ1v) is 11.9. The van der Waals surface area contributed by atoms with Gasteiger partial charge >= 0.3 is 5.97 Å². The number of benzene rings is 3. The van der Waals surface area contributed by atoms with Gasteiger partial charge in [0.05, 0.1) is 5.56 Å². The topological polar surface area (TPSA) is 26.3 Å². The summed E-state index contributed by atoms with van der Waals surface area (Å²) in [5, 5.41) is 0. The lowest BCUT2D eigenvalue weighted by Crippen LogP contribution is -2.04. The smallest absolute Gasteiger partial charge is 0.343 e. The second-order valence-corrected chi connectivity index (χ2v) is 8.34. The number of carbonyl (C=O) groups excluding carboxylic acids is 1. The number of ether oxygens (including phenoxy) is 1. The minimum absolute atomic E-state index is 0.0505. The first-order valence-electron chi connectivity index (χ1n) is 11.9. The summed E-state index contributed by atoms with van der Waals surface area (Å²) in [6.07, 6.45) is 4.70. The fourth-order valence-corrected chi connectivity index (χ4v) is 3.69. The van der Waals surface area contributed by atoms with Crippen molar-refractivity contribution in [3.63, 3.8) is 0 Å². The minimum atomic E-state index is -0.966. The molecule has 0 bridgehead atoms. The van der Waals surface area contributed by atoms with Crippen LogP contribution in [-0.4, -0.2) is 5.97 Å². The molecular weight excluding hydrogens is 461 g/mol. The zero-order chi connectivity index (χ0) is 26.2. The Morgan fingerprint density at radius 1 is 0.889 bits per heavy atom. The SMILES string of the molecule is C=C(CCC)/C(F)=C\C(=C/C)OC(=O)c1ccc(-c2ccc(-c3ccc(CC)cc3)c(F)c2F)cc1. The minimum Gasteiger partial charge on any atom is -0.423 e. The van der Waals surface area contributed by atoms with E-state index in [9.17, 15) is 18.0 Å². The molecule has 3 rings (SSSR count). The van der Waals surface area contributed by atoms with Gasteiger partial charge in [-0.1, -0.05) is 75.4 Å². The Morgan fingerprint density at radius 2 is 1.42 bits per heavy atom. The highest BCUT2D eigenvalue weighted by atomic mass is 19.2. The predicted octanol–water partition coefficient (Wildman–Crippen LogP) is 9.13. The monoisotopic (exact) mass is 490 g/mol. The van der Waals surface area contributed by atoms with Crippen LogP contribution >= 0.6 is 0 Å². The highest BCUT2D eigenvalue weighted by molar-refractivity contribution is 5.91. The van der Waals surface area contributed by atoms with Gasteiger partial charge in [-0.25, -0.2) is 18.0 Å². The van der Waals surface area contributed by atoms with Gasteiger partial charge in [-0.2, -0.15) is 0 Å². The lowest BCUT2D eigenvalue weighted by Gasteiger charge is -2.11. The van der Waals surface area contributed by atoms with E-state index < -0.39 is 23.4 Å². The molecule has 0 unspecified atom stereocenters. The average molecular weight is 491 g/mol. The number of carbonyl (C=O) groups is 1. The van der Waals surface area contributed by atoms with Crippen LogP contribution in [-0.2, 0) is 11.2 Å². The van der Waals surface area contributed by atoms with Gasteiger partial charge in [0.2, 0.25) is 0 Å². The first-order chi connectivity index (χ1) is 17.3. The van der Waals surface area contributed by atoms with Gasteiger partial charge in [0.15, 0.2) is 11.6 Å². The number of hydrogen-bond acceptors (Lipinski definition) is 2. The van der Waals surface area contributed by atoms with Crippen molar-refractivity contribution in [2.45, 2.75) is 40.0 Å². The number of allylic oxidation sites excluding steroid dienone is 4. The normalized spacial score (nSPS) is 11.9. The fraction of sp³-hybridized carbons (Fsp3) is 0.194. The lowest BCUT2D eigenvalue weighted by molar-refractivity contribution is 0.0636. The summed E-state index contributed by atoms with van der Waals surface area (Å²) in [5.41, 5.74) is 2.89. The molecule has 0 saturated heterocycles. The van der Waals surface area contributed by atoms with Crippen LogP contribution in [0.2, 0.25) is 0 Å². The van der Waals surface area contributed by atoms with E-state index in [1.807, 2.05) is 26.0 Å². The van der Waals surface area contributed by atoms with Gasteiger partial charge in [0, 0.05) is 17.2 Å². The Hall–Kier alpha value is -3.86. The third kappa shape index (κ3) is 6.22. The van der Waals surface area contributed by atoms with E-state index in [0.29, 0.717) is 23.1 Å². The van der Waals surface area contributed by atoms with Crippen molar-refractivity contribution in [2.24, 2.45) is 0 Å². The van der Waals surface area contributed by atoms with Crippen LogP contribution < -0.4 is 0 Å². The number of hydrogen-bond donors (Lipinski definition) is 0. The molecular formula is C31H29F3O2. The quantitative estimate of drug-likeness (QED) is 0.170. The molecule has 2 nitrogen and oxygen atoms in total. The number of esters is 1. The van der Waals surface area contributed by atoms with E-state index in [1.54, 1.807) is 25.1 Å². The third-order valence-electron chi connectivity index (χ3n) is 5.84. The molecule has 3 aromatic rings. The standard InChI is InChI=1S/C31H29F3O2/c1-5-8-20(4)28(32)19-25(7-3)36-31(35)24-15-13-23(14-16-24)27-18-17-26(29(33)30(27)34)22-11-9-21(6-2)10-12-22/h7,9-19H,4-6,8H2,1-3H3/b25-7+,28-19+. The zero-order valence-corrected chi connectivity index (χ0v) is 20.7. The molecule has 0 heterocycles. The van der Waals surface area contributed by atoms with Crippen LogP contribution in [0.15, 0.2) is 96.6 Å². The molecule has 5 heteroatoms. The molecule has 0 aromatic heterocycles. The van der Waals surface area contributed by atoms with Crippen molar-refractivity contribution in [1.82, 2.24) is 0 Å². The van der Waals surface area contributed by atoms with Crippen LogP contribution in [0.25, 0.3) is 22.3 Å². The number of halogens is 3. The molecule has 186 valence electrons. The van der Waals surface area contributed by atoms with Crippen molar-refractivity contribution >= 4 is 5.97 Å². The van der Waals surface area contributed by atoms with Gasteiger partial charge in [0.25, 0.3) is 0 Å². The van der Waals surface area contributed by atoms with Gasteiger partial charge in [-0.3, -0.25) is 0 Å². The summed E-state index contributed by atoms with van der Waals surface area (Å²) in [4.78, 5) is 12.5. The van der Waals surface area contributed by atoms with E-state index in [1.165, 1.54) is 36.4 Å². The van der Waals surface area contributed by atoms with E-state index in [0.717, 1.165) is 24.5 Å². The molecule has 0 fully saturated rings. The Balaban J connectivity index is 1.79. The summed E-state index contributed by atoms with van der Waals surface area (Å²) in [7, 11) is 0. The number of aryl methyl sites for hydroxylation is 1. The molecule has 0 aliphatic heterocycles. The highest BCUT2D eigenvalue weighted by Crippen LogP contribution is 2.32. The van der Waals surface area contributed by atoms with E-state index >= 15 is 0 Å². The largest absolute Gasteiger partial charge is 0.423 e. The van der Waals surface area contributed by atoms with E-state index in [2.05, 4.69) is 6.58 Å². The molecule has 0 radical (unpaired) electrons. The van der Waals surface area contributed by atoms with E-state index in [4.69, 9.17) is 4.74 Å². The summed E-state index contributed by atoms with van der Waals surface area (Å²) in [6, 6.07) is 16.3. The Kier molecular flexibility index (Phi) is 9.07. The molecule has 0 spiro atoms. The molecule has 0 saturated carbocycles. The summed E-state index contributed by atoms with van der Waals surface area (Å²) < 4.78 is 49.4. The first kappa shape index (κ1) is 26.7. The second kappa shape index (κ2) is 12.2. The molecule has 0 aliphatic carbocycles. The van der Waals surface area contributed by atoms with Gasteiger partial charge in [-0.15, -0.1) is 0 Å². The molecule has 0 N–H and O–H groups in total. The van der Waals surface area contributed by atoms with Crippen molar-refractivity contribution < 1.29 is 22.7 Å². The zero-order valence-electron chi connectivity index (χ0n) is 20.7. The predicted molar refractivity (Wildman–Crippen MR) is 139 cm³/mol. The maximum absolute atomic E-state index is 15.0. The number of rotatable bonds is 9. The van der Waals surface area contributed by atoms with Crippen molar-refractivity contribution in [1.29, 1.82) is 0 Å². The van der Waals surface area contributed by atoms with Crippen molar-refractivity contribution in [3.05, 3.63) is 119 Å². The molecule has 3 aromatic carbocycles. The van der Waals surface area contributed by atoms with Crippen LogP contribution in [0.1, 0.15) is 49.5 Å². The molecule has 36 heavy (non-hydrogen) atoms. The maximum atomic E-state index is 15.0. The Labute approximate surface area is 210 Å². The fourth-order valence-electron chi connectivity index (χ4n) is 3.69. The van der Waals surface area contributed by atoms with Crippen LogP contribution in [0, 0.1) is 11.6 Å². The molecule has 0 atom stereocenters. The van der Waals surface area contributed by atoms with Crippen LogP contribution in [0.4, 0.5) is 13.2 Å². The third-order valence-corrected chi connectivity index (χ3v) is 5.84. The Morgan fingerprint density at radius 3 is 1.89 bits per heavy atom. The highest BCUT2D eigenvalue weighted by Gasteiger charge is 2.17. The average Bonchev–Trinajstić information content (AvgIpc) is 2.90. The summed E-state index contributed by atoms with van der Waals surface area (Å²) >= 11 is 0. The second-order valence-electron chi connectivity index (χ2n) is 8.34. The van der Waals surface area contributed by atoms with Crippen LogP contribution in [0.3, 0.4) is 0 Å². The maximum Gasteiger partial charge on any atom is 0.343 e. The molecule has 0 amide bonds. The van der Waals surface area contributed by atoms with Crippen molar-refractivity contribution in [2.75, 3.05) is 0 Å².